The Balaban J connectivity index is 1.92. The van der Waals surface area contributed by atoms with Gasteiger partial charge in [0.25, 0.3) is 5.91 Å². The molecule has 2 atom stereocenters. The molecule has 2 saturated carbocycles. The van der Waals surface area contributed by atoms with Crippen molar-refractivity contribution < 1.29 is 79.2 Å². The number of piperazine rings is 1. The predicted octanol–water partition coefficient (Wildman–Crippen LogP) is -2.68. The van der Waals surface area contributed by atoms with E-state index in [0.29, 0.717) is 18.4 Å². The zero-order chi connectivity index (χ0) is 37.1. The third kappa shape index (κ3) is 5.68. The van der Waals surface area contributed by atoms with Crippen molar-refractivity contribution in [1.82, 2.24) is 9.88 Å². The minimum absolute atomic E-state index is 0.0939. The van der Waals surface area contributed by atoms with Gasteiger partial charge in [0.2, 0.25) is 11.4 Å². The first kappa shape index (κ1) is 37.3. The predicted molar refractivity (Wildman–Crippen MR) is 152 cm³/mol. The lowest BCUT2D eigenvalue weighted by Gasteiger charge is -2.65. The summed E-state index contributed by atoms with van der Waals surface area (Å²) in [6, 6.07) is -2.15. The van der Waals surface area contributed by atoms with Crippen LogP contribution in [0.4, 0.5) is 19.0 Å². The standard InChI is InChI=1S/C29H37F3N4O13/c1-4-23(37,38)25(39,29(46,47)48)21-26(40,41)36(28(44,45)27(42,43)35(21)18(13-5-6-13)10-24(30,31)32)20-16(11-33)15-9-22(2,3)49-12-17(15)19(34-20)14-7-8-14/h4,14,21,37-48H,1,5-10,12H2,2-3H3. The molecule has 272 valence electrons. The van der Waals surface area contributed by atoms with Crippen LogP contribution in [0.2, 0.25) is 0 Å². The molecule has 1 aromatic heterocycles. The number of ether oxygens (including phenoxy) is 1. The Labute approximate surface area is 275 Å². The van der Waals surface area contributed by atoms with Gasteiger partial charge in [-0.2, -0.15) is 18.4 Å². The molecule has 0 aromatic carbocycles. The number of aliphatic hydroxyl groups is 12. The molecule has 2 aliphatic carbocycles. The molecule has 17 nitrogen and oxygen atoms in total. The monoisotopic (exact) mass is 706 g/mol. The fraction of sp³-hybridized carbons (Fsp3) is 0.655. The summed E-state index contributed by atoms with van der Waals surface area (Å²) in [7, 11) is 0. The van der Waals surface area contributed by atoms with E-state index in [1.807, 2.05) is 0 Å². The van der Waals surface area contributed by atoms with Crippen LogP contribution < -0.4 is 4.90 Å². The molecule has 0 bridgehead atoms. The molecular weight excluding hydrogens is 669 g/mol. The maximum atomic E-state index is 14.0. The quantitative estimate of drug-likeness (QED) is 0.0968. The summed E-state index contributed by atoms with van der Waals surface area (Å²) in [4.78, 5) is 2.86. The summed E-state index contributed by atoms with van der Waals surface area (Å²) in [6.07, 6.45) is -7.35. The average Bonchev–Trinajstić information content (AvgIpc) is 3.85. The van der Waals surface area contributed by atoms with Gasteiger partial charge in [-0.15, -0.1) is 0 Å². The molecule has 0 radical (unpaired) electrons. The topological polar surface area (TPSA) is 295 Å². The maximum Gasteiger partial charge on any atom is 0.394 e. The van der Waals surface area contributed by atoms with Gasteiger partial charge in [-0.3, -0.25) is 0 Å². The van der Waals surface area contributed by atoms with Gasteiger partial charge < -0.3 is 70.9 Å². The van der Waals surface area contributed by atoms with Crippen molar-refractivity contribution >= 4 is 5.82 Å². The second kappa shape index (κ2) is 11.0. The van der Waals surface area contributed by atoms with E-state index in [2.05, 4.69) is 11.6 Å². The Kier molecular flexibility index (Phi) is 8.36. The van der Waals surface area contributed by atoms with Crippen LogP contribution in [0.25, 0.3) is 0 Å². The second-order valence-corrected chi connectivity index (χ2v) is 13.5. The van der Waals surface area contributed by atoms with Gasteiger partial charge >= 0.3 is 24.0 Å². The number of nitrogens with zero attached hydrogens (tertiary/aromatic N) is 4. The van der Waals surface area contributed by atoms with Crippen LogP contribution in [0.3, 0.4) is 0 Å². The van der Waals surface area contributed by atoms with Gasteiger partial charge in [0.1, 0.15) is 6.07 Å². The molecule has 4 aliphatic rings. The highest BCUT2D eigenvalue weighted by molar-refractivity contribution is 5.65. The highest BCUT2D eigenvalue weighted by Gasteiger charge is 2.82. The maximum absolute atomic E-state index is 14.0. The number of alkyl halides is 3. The summed E-state index contributed by atoms with van der Waals surface area (Å²) < 4.78 is 47.7. The van der Waals surface area contributed by atoms with Gasteiger partial charge in [-0.25, -0.2) is 9.88 Å². The zero-order valence-electron chi connectivity index (χ0n) is 26.1. The summed E-state index contributed by atoms with van der Waals surface area (Å²) in [5.41, 5.74) is -7.86. The van der Waals surface area contributed by atoms with E-state index in [0.717, 1.165) is 0 Å². The number of hydrogen-bond donors (Lipinski definition) is 12. The number of allylic oxidation sites excluding steroid dienone is 2. The molecule has 0 amide bonds. The van der Waals surface area contributed by atoms with Crippen molar-refractivity contribution in [3.63, 3.8) is 0 Å². The van der Waals surface area contributed by atoms with Crippen LogP contribution in [0, 0.1) is 11.3 Å². The number of halogens is 3. The second-order valence-electron chi connectivity index (χ2n) is 13.5. The lowest BCUT2D eigenvalue weighted by molar-refractivity contribution is -0.512. The third-order valence-corrected chi connectivity index (χ3v) is 9.29. The largest absolute Gasteiger partial charge is 0.394 e. The van der Waals surface area contributed by atoms with E-state index < -0.39 is 86.2 Å². The number of pyridine rings is 1. The van der Waals surface area contributed by atoms with Gasteiger partial charge in [-0.1, -0.05) is 6.58 Å². The van der Waals surface area contributed by atoms with Crippen molar-refractivity contribution in [3.8, 4) is 6.07 Å². The van der Waals surface area contributed by atoms with Gasteiger partial charge in [0, 0.05) is 23.6 Å². The van der Waals surface area contributed by atoms with E-state index in [4.69, 9.17) is 4.74 Å². The Morgan fingerprint density at radius 3 is 2.02 bits per heavy atom. The Hall–Kier alpha value is -3.01. The lowest BCUT2D eigenvalue weighted by atomic mass is 9.76. The van der Waals surface area contributed by atoms with E-state index >= 15 is 0 Å². The molecule has 49 heavy (non-hydrogen) atoms. The van der Waals surface area contributed by atoms with E-state index in [1.54, 1.807) is 19.9 Å². The van der Waals surface area contributed by atoms with Crippen molar-refractivity contribution in [2.24, 2.45) is 0 Å². The van der Waals surface area contributed by atoms with Crippen LogP contribution in [0.15, 0.2) is 23.9 Å². The van der Waals surface area contributed by atoms with Crippen molar-refractivity contribution in [2.45, 2.75) is 118 Å². The molecule has 5 rings (SSSR count). The Bertz CT molecular complexity index is 1620. The van der Waals surface area contributed by atoms with Crippen LogP contribution in [-0.2, 0) is 17.8 Å². The number of aromatic nitrogens is 1. The number of nitriles is 1. The van der Waals surface area contributed by atoms with Crippen molar-refractivity contribution in [3.05, 3.63) is 46.3 Å². The van der Waals surface area contributed by atoms with Crippen LogP contribution in [0.1, 0.15) is 74.3 Å². The lowest BCUT2D eigenvalue weighted by Crippen LogP contribution is -2.93. The molecule has 0 spiro atoms. The number of hydrogen-bond acceptors (Lipinski definition) is 17. The minimum atomic E-state index is -5.31. The van der Waals surface area contributed by atoms with Gasteiger partial charge in [0.05, 0.1) is 29.9 Å². The smallest absolute Gasteiger partial charge is 0.375 e. The van der Waals surface area contributed by atoms with E-state index in [-0.39, 0.29) is 54.7 Å². The number of rotatable bonds is 8. The fourth-order valence-electron chi connectivity index (χ4n) is 6.59. The first-order chi connectivity index (χ1) is 22.1. The molecule has 1 aromatic rings. The molecule has 2 aliphatic heterocycles. The van der Waals surface area contributed by atoms with Crippen LogP contribution >= 0.6 is 0 Å². The number of fused-ring (bicyclic) bond motifs is 1. The SMILES string of the molecule is C=CC(O)(O)C(O)(C1N(C(CC(F)(F)F)=C2CC2)C(O)(O)C(O)(O)N(c2nc(C3CC3)c3c(c2C#N)CC(C)(C)OC3)C1(O)O)C(O)(O)O. The highest BCUT2D eigenvalue weighted by atomic mass is 19.4. The minimum Gasteiger partial charge on any atom is -0.375 e. The normalized spacial score (nSPS) is 25.6. The fourth-order valence-corrected chi connectivity index (χ4v) is 6.59. The highest BCUT2D eigenvalue weighted by Crippen LogP contribution is 2.55. The van der Waals surface area contributed by atoms with Crippen LogP contribution in [-0.4, -0.2) is 124 Å². The summed E-state index contributed by atoms with van der Waals surface area (Å²) in [6.45, 7) is 6.04. The Morgan fingerprint density at radius 1 is 1.00 bits per heavy atom. The molecule has 1 saturated heterocycles. The molecule has 3 fully saturated rings. The van der Waals surface area contributed by atoms with E-state index in [9.17, 15) is 79.7 Å². The summed E-state index contributed by atoms with van der Waals surface area (Å²) >= 11 is 0. The first-order valence-electron chi connectivity index (χ1n) is 14.9. The summed E-state index contributed by atoms with van der Waals surface area (Å²) in [5.74, 6) is -25.1. The zero-order valence-corrected chi connectivity index (χ0v) is 26.1. The Morgan fingerprint density at radius 2 is 1.57 bits per heavy atom. The van der Waals surface area contributed by atoms with Crippen LogP contribution in [0.5, 0.6) is 0 Å². The van der Waals surface area contributed by atoms with Gasteiger partial charge in [-0.05, 0) is 56.7 Å². The molecular formula is C29H37F3N4O13. The third-order valence-electron chi connectivity index (χ3n) is 9.29. The van der Waals surface area contributed by atoms with Gasteiger partial charge in [0.15, 0.2) is 11.9 Å². The molecule has 3 heterocycles. The molecule has 12 N–H and O–H groups in total. The number of anilines is 1. The van der Waals surface area contributed by atoms with E-state index in [1.165, 1.54) is 0 Å². The summed E-state index contributed by atoms with van der Waals surface area (Å²) in [5, 5.41) is 145. The van der Waals surface area contributed by atoms with Crippen molar-refractivity contribution in [1.29, 1.82) is 5.26 Å². The first-order valence-corrected chi connectivity index (χ1v) is 14.9. The molecule has 20 heteroatoms. The molecule has 2 unspecified atom stereocenters. The average molecular weight is 707 g/mol. The van der Waals surface area contributed by atoms with Crippen molar-refractivity contribution in [2.75, 3.05) is 4.90 Å².